The molecule has 0 atom stereocenters. The molecular weight excluding hydrogens is 232 g/mol. The van der Waals surface area contributed by atoms with Gasteiger partial charge in [0.15, 0.2) is 0 Å². The Morgan fingerprint density at radius 1 is 1.46 bits per heavy atom. The van der Waals surface area contributed by atoms with Crippen LogP contribution in [0.15, 0.2) is 23.3 Å². The standard InChI is InChI=1S/C8H9BrN4/c9-8-7-6(1-2-10)12-5-13(7)4-3-11-8/h3-5H,1-2,10H2. The molecule has 0 spiro atoms. The number of nitrogens with zero attached hydrogens (tertiary/aromatic N) is 3. The molecule has 0 saturated heterocycles. The van der Waals surface area contributed by atoms with E-state index in [1.165, 1.54) is 0 Å². The molecule has 2 rings (SSSR count). The van der Waals surface area contributed by atoms with Crippen molar-refractivity contribution in [2.24, 2.45) is 5.73 Å². The first-order valence-electron chi connectivity index (χ1n) is 3.99. The Morgan fingerprint density at radius 2 is 2.31 bits per heavy atom. The number of halogens is 1. The Bertz CT molecular complexity index is 423. The van der Waals surface area contributed by atoms with Crippen LogP contribution < -0.4 is 5.73 Å². The predicted octanol–water partition coefficient (Wildman–Crippen LogP) is 0.993. The van der Waals surface area contributed by atoms with Crippen LogP contribution in [-0.2, 0) is 6.42 Å². The van der Waals surface area contributed by atoms with Gasteiger partial charge >= 0.3 is 0 Å². The second-order valence-electron chi connectivity index (χ2n) is 2.70. The van der Waals surface area contributed by atoms with Gasteiger partial charge in [-0.15, -0.1) is 0 Å². The summed E-state index contributed by atoms with van der Waals surface area (Å²) in [4.78, 5) is 8.40. The zero-order chi connectivity index (χ0) is 9.26. The van der Waals surface area contributed by atoms with Crippen molar-refractivity contribution >= 4 is 21.4 Å². The van der Waals surface area contributed by atoms with Crippen molar-refractivity contribution in [1.29, 1.82) is 0 Å². The summed E-state index contributed by atoms with van der Waals surface area (Å²) in [5, 5.41) is 0. The van der Waals surface area contributed by atoms with E-state index < -0.39 is 0 Å². The fourth-order valence-electron chi connectivity index (χ4n) is 1.29. The first kappa shape index (κ1) is 8.65. The number of hydrogen-bond acceptors (Lipinski definition) is 3. The summed E-state index contributed by atoms with van der Waals surface area (Å²) >= 11 is 3.38. The third-order valence-electron chi connectivity index (χ3n) is 1.86. The number of nitrogens with two attached hydrogens (primary N) is 1. The van der Waals surface area contributed by atoms with Crippen molar-refractivity contribution in [3.8, 4) is 0 Å². The van der Waals surface area contributed by atoms with Crippen LogP contribution in [0.25, 0.3) is 5.52 Å². The van der Waals surface area contributed by atoms with Gasteiger partial charge in [-0.1, -0.05) is 0 Å². The quantitative estimate of drug-likeness (QED) is 0.853. The fraction of sp³-hybridized carbons (Fsp3) is 0.250. The monoisotopic (exact) mass is 240 g/mol. The first-order chi connectivity index (χ1) is 6.33. The van der Waals surface area contributed by atoms with Gasteiger partial charge in [0.25, 0.3) is 0 Å². The van der Waals surface area contributed by atoms with Gasteiger partial charge < -0.3 is 10.1 Å². The lowest BCUT2D eigenvalue weighted by Gasteiger charge is -1.97. The zero-order valence-electron chi connectivity index (χ0n) is 6.94. The minimum Gasteiger partial charge on any atom is -0.330 e. The summed E-state index contributed by atoms with van der Waals surface area (Å²) in [6.07, 6.45) is 6.14. The zero-order valence-corrected chi connectivity index (χ0v) is 8.53. The number of aromatic nitrogens is 3. The molecule has 0 aliphatic rings. The van der Waals surface area contributed by atoms with Crippen LogP contribution >= 0.6 is 15.9 Å². The van der Waals surface area contributed by atoms with Crippen LogP contribution in [0, 0.1) is 0 Å². The van der Waals surface area contributed by atoms with E-state index in [2.05, 4.69) is 25.9 Å². The molecule has 0 unspecified atom stereocenters. The van der Waals surface area contributed by atoms with E-state index >= 15 is 0 Å². The summed E-state index contributed by atoms with van der Waals surface area (Å²) in [6, 6.07) is 0. The molecule has 0 bridgehead atoms. The van der Waals surface area contributed by atoms with E-state index in [0.717, 1.165) is 22.2 Å². The van der Waals surface area contributed by atoms with E-state index in [1.54, 1.807) is 12.5 Å². The lowest BCUT2D eigenvalue weighted by molar-refractivity contribution is 0.941. The van der Waals surface area contributed by atoms with Gasteiger partial charge in [0.1, 0.15) is 10.1 Å². The fourth-order valence-corrected chi connectivity index (χ4v) is 1.84. The van der Waals surface area contributed by atoms with Crippen LogP contribution in [0.5, 0.6) is 0 Å². The molecule has 0 fully saturated rings. The molecule has 4 nitrogen and oxygen atoms in total. The largest absolute Gasteiger partial charge is 0.330 e. The molecule has 13 heavy (non-hydrogen) atoms. The van der Waals surface area contributed by atoms with E-state index in [4.69, 9.17) is 5.73 Å². The SMILES string of the molecule is NCCc1ncn2ccnc(Br)c12. The van der Waals surface area contributed by atoms with Crippen LogP contribution in [0.3, 0.4) is 0 Å². The maximum absolute atomic E-state index is 5.48. The van der Waals surface area contributed by atoms with Crippen molar-refractivity contribution in [3.05, 3.63) is 29.0 Å². The Kier molecular flexibility index (Phi) is 2.28. The number of fused-ring (bicyclic) bond motifs is 1. The highest BCUT2D eigenvalue weighted by Gasteiger charge is 2.06. The molecule has 0 aliphatic carbocycles. The summed E-state index contributed by atoms with van der Waals surface area (Å²) in [7, 11) is 0. The topological polar surface area (TPSA) is 56.2 Å². The van der Waals surface area contributed by atoms with Gasteiger partial charge in [-0.25, -0.2) is 9.97 Å². The summed E-state index contributed by atoms with van der Waals surface area (Å²) < 4.78 is 2.75. The molecule has 68 valence electrons. The van der Waals surface area contributed by atoms with Crippen molar-refractivity contribution in [2.45, 2.75) is 6.42 Å². The maximum Gasteiger partial charge on any atom is 0.132 e. The van der Waals surface area contributed by atoms with Gasteiger partial charge in [-0.2, -0.15) is 0 Å². The highest BCUT2D eigenvalue weighted by atomic mass is 79.9. The third kappa shape index (κ3) is 1.45. The lowest BCUT2D eigenvalue weighted by Crippen LogP contribution is -2.03. The van der Waals surface area contributed by atoms with Crippen LogP contribution in [0.2, 0.25) is 0 Å². The molecule has 5 heteroatoms. The highest BCUT2D eigenvalue weighted by molar-refractivity contribution is 9.10. The summed E-state index contributed by atoms with van der Waals surface area (Å²) in [5.41, 5.74) is 7.47. The average Bonchev–Trinajstić information content (AvgIpc) is 2.51. The second kappa shape index (κ2) is 3.43. The predicted molar refractivity (Wildman–Crippen MR) is 53.4 cm³/mol. The van der Waals surface area contributed by atoms with Crippen molar-refractivity contribution < 1.29 is 0 Å². The van der Waals surface area contributed by atoms with Gasteiger partial charge in [0.2, 0.25) is 0 Å². The van der Waals surface area contributed by atoms with E-state index in [-0.39, 0.29) is 0 Å². The number of hydrogen-bond donors (Lipinski definition) is 1. The molecule has 0 amide bonds. The third-order valence-corrected chi connectivity index (χ3v) is 2.44. The number of imidazole rings is 1. The minimum absolute atomic E-state index is 0.605. The molecule has 2 aromatic heterocycles. The molecule has 0 aliphatic heterocycles. The van der Waals surface area contributed by atoms with Gasteiger partial charge in [0.05, 0.1) is 12.0 Å². The molecule has 2 aromatic rings. The molecule has 2 N–H and O–H groups in total. The molecular formula is C8H9BrN4. The normalized spacial score (nSPS) is 10.9. The Balaban J connectivity index is 2.64. The average molecular weight is 241 g/mol. The lowest BCUT2D eigenvalue weighted by atomic mass is 10.3. The molecule has 0 aromatic carbocycles. The summed E-state index contributed by atoms with van der Waals surface area (Å²) in [6.45, 7) is 0.605. The minimum atomic E-state index is 0.605. The maximum atomic E-state index is 5.48. The summed E-state index contributed by atoms with van der Waals surface area (Å²) in [5.74, 6) is 0. The van der Waals surface area contributed by atoms with Gasteiger partial charge in [-0.05, 0) is 22.5 Å². The Morgan fingerprint density at radius 3 is 3.08 bits per heavy atom. The molecule has 0 radical (unpaired) electrons. The second-order valence-corrected chi connectivity index (χ2v) is 3.46. The van der Waals surface area contributed by atoms with Crippen molar-refractivity contribution in [2.75, 3.05) is 6.54 Å². The van der Waals surface area contributed by atoms with Gasteiger partial charge in [-0.3, -0.25) is 0 Å². The van der Waals surface area contributed by atoms with Crippen molar-refractivity contribution in [3.63, 3.8) is 0 Å². The Labute approximate surface area is 83.9 Å². The molecule has 2 heterocycles. The van der Waals surface area contributed by atoms with E-state index in [0.29, 0.717) is 6.54 Å². The van der Waals surface area contributed by atoms with E-state index in [9.17, 15) is 0 Å². The number of rotatable bonds is 2. The van der Waals surface area contributed by atoms with Crippen LogP contribution in [0.4, 0.5) is 0 Å². The highest BCUT2D eigenvalue weighted by Crippen LogP contribution is 2.18. The van der Waals surface area contributed by atoms with Crippen LogP contribution in [0.1, 0.15) is 5.69 Å². The molecule has 0 saturated carbocycles. The smallest absolute Gasteiger partial charge is 0.132 e. The van der Waals surface area contributed by atoms with Gasteiger partial charge in [0, 0.05) is 18.8 Å². The Hall–Kier alpha value is -0.940. The van der Waals surface area contributed by atoms with E-state index in [1.807, 2.05) is 10.6 Å². The first-order valence-corrected chi connectivity index (χ1v) is 4.78. The van der Waals surface area contributed by atoms with Crippen LogP contribution in [-0.4, -0.2) is 20.9 Å². The van der Waals surface area contributed by atoms with Crippen molar-refractivity contribution in [1.82, 2.24) is 14.4 Å².